The second kappa shape index (κ2) is 17.8. The average Bonchev–Trinajstić information content (AvgIpc) is 3.99. The Morgan fingerprint density at radius 2 is 1.80 bits per heavy atom. The zero-order chi connectivity index (χ0) is 45.7. The van der Waals surface area contributed by atoms with Gasteiger partial charge in [0.2, 0.25) is 0 Å². The highest BCUT2D eigenvalue weighted by molar-refractivity contribution is 7.90. The van der Waals surface area contributed by atoms with Gasteiger partial charge in [-0.25, -0.2) is 23.1 Å². The van der Waals surface area contributed by atoms with Gasteiger partial charge in [0.25, 0.3) is 21.6 Å². The number of hydrogen-bond donors (Lipinski definition) is 3. The fraction of sp³-hybridized carbons (Fsp3) is 0.479. The van der Waals surface area contributed by atoms with Gasteiger partial charge in [-0.1, -0.05) is 38.1 Å². The van der Waals surface area contributed by atoms with Crippen LogP contribution in [-0.4, -0.2) is 127 Å². The summed E-state index contributed by atoms with van der Waals surface area (Å²) in [4.78, 5) is 46.8. The summed E-state index contributed by atoms with van der Waals surface area (Å²) in [6, 6.07) is 17.3. The number of ether oxygens (including phenoxy) is 2. The quantitative estimate of drug-likeness (QED) is 0.0865. The molecule has 1 spiro atoms. The van der Waals surface area contributed by atoms with Gasteiger partial charge in [-0.3, -0.25) is 24.7 Å². The number of pyridine rings is 2. The van der Waals surface area contributed by atoms with Crippen LogP contribution in [0.5, 0.6) is 17.2 Å². The molecule has 0 radical (unpaired) electrons. The lowest BCUT2D eigenvalue weighted by Crippen LogP contribution is -2.55. The Bertz CT molecular complexity index is 2740. The molecule has 17 nitrogen and oxygen atoms in total. The number of carbonyl (C=O) groups excluding carboxylic acids is 1. The van der Waals surface area contributed by atoms with Gasteiger partial charge < -0.3 is 29.6 Å². The molecule has 3 aromatic heterocycles. The molecule has 2 atom stereocenters. The number of nitrogens with zero attached hydrogens (tertiary/aromatic N) is 7. The summed E-state index contributed by atoms with van der Waals surface area (Å²) in [6.45, 7) is 11.7. The number of rotatable bonds is 12. The first-order valence-electron chi connectivity index (χ1n) is 23.2. The van der Waals surface area contributed by atoms with Crippen molar-refractivity contribution in [1.29, 1.82) is 0 Å². The van der Waals surface area contributed by atoms with Crippen molar-refractivity contribution in [1.82, 2.24) is 34.4 Å². The summed E-state index contributed by atoms with van der Waals surface area (Å²) in [7, 11) is -2.61. The number of H-pyrrole nitrogens is 1. The minimum Gasteiger partial charge on any atom is -0.489 e. The van der Waals surface area contributed by atoms with Gasteiger partial charge in [0.05, 0.1) is 33.9 Å². The first kappa shape index (κ1) is 44.0. The number of nitro groups is 1. The zero-order valence-electron chi connectivity index (χ0n) is 37.7. The number of aromatic amines is 1. The lowest BCUT2D eigenvalue weighted by Gasteiger charge is -2.56. The Morgan fingerprint density at radius 1 is 1.02 bits per heavy atom. The number of carbonyl (C=O) groups is 1. The number of piperidine rings is 1. The molecule has 4 aliphatic heterocycles. The third kappa shape index (κ3) is 8.78. The van der Waals surface area contributed by atoms with Crippen molar-refractivity contribution < 1.29 is 27.6 Å². The molecule has 4 fully saturated rings. The highest BCUT2D eigenvalue weighted by Crippen LogP contribution is 2.54. The maximum atomic E-state index is 14.0. The molecule has 7 heterocycles. The standard InChI is InChI=1S/C48H58N10O7S/c1-31(2)38-7-4-5-8-39(38)40-9-6-14-57(40)35-25-48(26-35)11-15-56(16-12-48)34-22-43(65-36-21-32-10-13-49-46(32)51-28-36)45(50-27-34)47(59)53-66(62,63)37-23-41(58(60)61)44-42(24-37)64-30-33(52-44)29-55-19-17-54(3)18-20-55/h4-5,7-8,10,13,21-24,27-28,31,33,35,40,52H,6,9,11-12,14-20,25-26,29-30H2,1-3H3,(H,49,51)(H,53,59)/t33-,40?/m0/s1. The summed E-state index contributed by atoms with van der Waals surface area (Å²) in [5.41, 5.74) is 3.98. The number of aromatic nitrogens is 3. The van der Waals surface area contributed by atoms with E-state index in [1.54, 1.807) is 24.5 Å². The minimum atomic E-state index is -4.68. The predicted octanol–water partition coefficient (Wildman–Crippen LogP) is 6.91. The van der Waals surface area contributed by atoms with Crippen molar-refractivity contribution >= 4 is 44.0 Å². The van der Waals surface area contributed by atoms with E-state index >= 15 is 0 Å². The van der Waals surface area contributed by atoms with E-state index in [1.165, 1.54) is 49.1 Å². The number of nitro benzene ring substituents is 1. The molecular weight excluding hydrogens is 861 g/mol. The Balaban J connectivity index is 0.848. The van der Waals surface area contributed by atoms with Crippen LogP contribution >= 0.6 is 0 Å². The maximum absolute atomic E-state index is 14.0. The molecule has 66 heavy (non-hydrogen) atoms. The Labute approximate surface area is 385 Å². The van der Waals surface area contributed by atoms with E-state index in [1.807, 2.05) is 6.07 Å². The van der Waals surface area contributed by atoms with Crippen molar-refractivity contribution in [3.05, 3.63) is 100 Å². The van der Waals surface area contributed by atoms with Gasteiger partial charge in [0.1, 0.15) is 18.0 Å². The maximum Gasteiger partial charge on any atom is 0.297 e. The number of anilines is 2. The second-order valence-electron chi connectivity index (χ2n) is 19.2. The smallest absolute Gasteiger partial charge is 0.297 e. The molecule has 0 bridgehead atoms. The summed E-state index contributed by atoms with van der Waals surface area (Å²) in [5.74, 6) is -0.193. The molecule has 1 unspecified atom stereocenters. The van der Waals surface area contributed by atoms with Crippen LogP contribution in [0.3, 0.4) is 0 Å². The molecule has 3 N–H and O–H groups in total. The molecule has 2 aromatic carbocycles. The number of nitrogens with one attached hydrogen (secondary N) is 3. The number of sulfonamides is 1. The van der Waals surface area contributed by atoms with Gasteiger partial charge in [0.15, 0.2) is 22.9 Å². The summed E-state index contributed by atoms with van der Waals surface area (Å²) < 4.78 is 42.2. The van der Waals surface area contributed by atoms with Crippen molar-refractivity contribution in [3.63, 3.8) is 0 Å². The summed E-state index contributed by atoms with van der Waals surface area (Å²) >= 11 is 0. The molecule has 18 heteroatoms. The van der Waals surface area contributed by atoms with E-state index in [9.17, 15) is 23.3 Å². The molecule has 3 saturated heterocycles. The molecule has 5 aliphatic rings. The lowest BCUT2D eigenvalue weighted by molar-refractivity contribution is -0.384. The van der Waals surface area contributed by atoms with Gasteiger partial charge in [0, 0.05) is 87.7 Å². The molecule has 5 aromatic rings. The van der Waals surface area contributed by atoms with E-state index in [-0.39, 0.29) is 40.9 Å². The number of amides is 1. The van der Waals surface area contributed by atoms with Crippen molar-refractivity contribution in [2.75, 3.05) is 76.2 Å². The zero-order valence-corrected chi connectivity index (χ0v) is 38.6. The van der Waals surface area contributed by atoms with Crippen LogP contribution in [0.25, 0.3) is 11.0 Å². The van der Waals surface area contributed by atoms with Crippen LogP contribution in [-0.2, 0) is 10.0 Å². The van der Waals surface area contributed by atoms with Gasteiger partial charge in [-0.2, -0.15) is 0 Å². The summed E-state index contributed by atoms with van der Waals surface area (Å²) in [6.07, 6.45) is 11.7. The minimum absolute atomic E-state index is 0.0131. The third-order valence-corrected chi connectivity index (χ3v) is 15.9. The number of hydrogen-bond acceptors (Lipinski definition) is 14. The van der Waals surface area contributed by atoms with Crippen LogP contribution in [0.4, 0.5) is 17.1 Å². The van der Waals surface area contributed by atoms with Gasteiger partial charge >= 0.3 is 0 Å². The normalized spacial score (nSPS) is 21.6. The van der Waals surface area contributed by atoms with E-state index in [0.717, 1.165) is 75.8 Å². The topological polar surface area (TPSA) is 191 Å². The van der Waals surface area contributed by atoms with Crippen LogP contribution in [0.1, 0.15) is 85.9 Å². The largest absolute Gasteiger partial charge is 0.489 e. The monoisotopic (exact) mass is 918 g/mol. The van der Waals surface area contributed by atoms with Gasteiger partial charge in [-0.05, 0) is 86.7 Å². The van der Waals surface area contributed by atoms with E-state index < -0.39 is 31.4 Å². The summed E-state index contributed by atoms with van der Waals surface area (Å²) in [5, 5.41) is 16.4. The Morgan fingerprint density at radius 3 is 2.58 bits per heavy atom. The SMILES string of the molecule is CC(C)c1ccccc1C1CCCN1C1CC2(CCN(c3cnc(C(=O)NS(=O)(=O)c4cc5c(c([N+](=O)[O-])c4)N[C@@H](CN4CCN(C)CC4)CO5)c(Oc4cnc5[nH]ccc5c4)c3)CC2)C1. The number of likely N-dealkylation sites (tertiary alicyclic amines) is 1. The first-order valence-corrected chi connectivity index (χ1v) is 24.7. The number of fused-ring (bicyclic) bond motifs is 2. The van der Waals surface area contributed by atoms with Crippen molar-refractivity contribution in [3.8, 4) is 17.2 Å². The number of piperazine rings is 1. The van der Waals surface area contributed by atoms with E-state index in [4.69, 9.17) is 9.47 Å². The fourth-order valence-corrected chi connectivity index (χ4v) is 11.9. The van der Waals surface area contributed by atoms with Crippen molar-refractivity contribution in [2.24, 2.45) is 5.41 Å². The number of likely N-dealkylation sites (N-methyl/N-ethyl adjacent to an activating group) is 1. The average molecular weight is 919 g/mol. The van der Waals surface area contributed by atoms with Gasteiger partial charge in [-0.15, -0.1) is 0 Å². The highest BCUT2D eigenvalue weighted by atomic mass is 32.2. The van der Waals surface area contributed by atoms with Crippen LogP contribution in [0, 0.1) is 15.5 Å². The van der Waals surface area contributed by atoms with Crippen LogP contribution < -0.4 is 24.4 Å². The molecule has 1 aliphatic carbocycles. The Hall–Kier alpha value is -5.82. The number of benzene rings is 2. The molecular formula is C48H58N10O7S. The molecule has 1 saturated carbocycles. The van der Waals surface area contributed by atoms with Crippen LogP contribution in [0.2, 0.25) is 0 Å². The molecule has 1 amide bonds. The van der Waals surface area contributed by atoms with E-state index in [0.29, 0.717) is 35.9 Å². The molecule has 10 rings (SSSR count). The van der Waals surface area contributed by atoms with Crippen LogP contribution in [0.15, 0.2) is 78.1 Å². The fourth-order valence-electron chi connectivity index (χ4n) is 10.9. The Kier molecular flexibility index (Phi) is 11.9. The predicted molar refractivity (Wildman–Crippen MR) is 251 cm³/mol. The second-order valence-corrected chi connectivity index (χ2v) is 20.9. The molecule has 348 valence electrons. The first-order chi connectivity index (χ1) is 31.8. The third-order valence-electron chi connectivity index (χ3n) is 14.6. The highest BCUT2D eigenvalue weighted by Gasteiger charge is 2.50. The lowest BCUT2D eigenvalue weighted by atomic mass is 9.59. The van der Waals surface area contributed by atoms with Crippen molar-refractivity contribution in [2.45, 2.75) is 81.3 Å². The van der Waals surface area contributed by atoms with E-state index in [2.05, 4.69) is 89.8 Å².